The Morgan fingerprint density at radius 1 is 0.558 bits per heavy atom. The van der Waals surface area contributed by atoms with Crippen molar-refractivity contribution in [1.29, 1.82) is 0 Å². The molecule has 0 bridgehead atoms. The molecule has 0 aromatic heterocycles. The first-order chi connectivity index (χ1) is 24.2. The number of nitrogens with one attached hydrogen (secondary N) is 6. The minimum absolute atomic E-state index is 0.162. The van der Waals surface area contributed by atoms with E-state index in [4.69, 9.17) is 10.8 Å². The van der Waals surface area contributed by atoms with Crippen LogP contribution in [0, 0.1) is 17.8 Å². The number of rotatable bonds is 21. The Kier molecular flexibility index (Phi) is 18.4. The molecule has 1 aromatic rings. The van der Waals surface area contributed by atoms with Gasteiger partial charge in [0.15, 0.2) is 0 Å². The molecule has 52 heavy (non-hydrogen) atoms. The summed E-state index contributed by atoms with van der Waals surface area (Å²) in [5.41, 5.74) is 6.85. The van der Waals surface area contributed by atoms with Crippen LogP contribution in [-0.2, 0) is 44.8 Å². The van der Waals surface area contributed by atoms with Gasteiger partial charge in [0.25, 0.3) is 0 Å². The molecule has 0 radical (unpaired) electrons. The topological polar surface area (TPSA) is 275 Å². The number of hydrogen-bond acceptors (Lipinski definition) is 9. The summed E-state index contributed by atoms with van der Waals surface area (Å²) in [6, 6.07) is 0.666. The van der Waals surface area contributed by atoms with E-state index in [1.54, 1.807) is 71.9 Å². The highest BCUT2D eigenvalue weighted by atomic mass is 16.4. The Bertz CT molecular complexity index is 1420. The van der Waals surface area contributed by atoms with Gasteiger partial charge in [0.2, 0.25) is 35.4 Å². The molecule has 290 valence electrons. The maximum atomic E-state index is 13.5. The molecule has 10 N–H and O–H groups in total. The van der Waals surface area contributed by atoms with Gasteiger partial charge in [-0.2, -0.15) is 0 Å². The lowest BCUT2D eigenvalue weighted by atomic mass is 9.98. The van der Waals surface area contributed by atoms with E-state index in [0.717, 1.165) is 5.56 Å². The lowest BCUT2D eigenvalue weighted by Crippen LogP contribution is -2.61. The van der Waals surface area contributed by atoms with Crippen LogP contribution in [0.5, 0.6) is 0 Å². The predicted molar refractivity (Wildman–Crippen MR) is 190 cm³/mol. The van der Waals surface area contributed by atoms with Crippen molar-refractivity contribution in [1.82, 2.24) is 31.9 Å². The fourth-order valence-electron chi connectivity index (χ4n) is 4.89. The molecule has 0 fully saturated rings. The summed E-state index contributed by atoms with van der Waals surface area (Å²) < 4.78 is 0. The Hall–Kier alpha value is -5.06. The molecule has 0 spiro atoms. The number of hydrogen-bond donors (Lipinski definition) is 9. The van der Waals surface area contributed by atoms with E-state index in [2.05, 4.69) is 31.9 Å². The highest BCUT2D eigenvalue weighted by Crippen LogP contribution is 2.10. The van der Waals surface area contributed by atoms with Crippen LogP contribution in [0.2, 0.25) is 0 Å². The third-order valence-corrected chi connectivity index (χ3v) is 8.14. The van der Waals surface area contributed by atoms with Crippen LogP contribution in [-0.4, -0.2) is 99.9 Å². The monoisotopic (exact) mass is 733 g/mol. The van der Waals surface area contributed by atoms with Gasteiger partial charge in [-0.05, 0) is 50.0 Å². The average molecular weight is 734 g/mol. The molecule has 17 nitrogen and oxygen atoms in total. The van der Waals surface area contributed by atoms with Crippen LogP contribution in [0.15, 0.2) is 30.3 Å². The van der Waals surface area contributed by atoms with E-state index in [1.807, 2.05) is 0 Å². The van der Waals surface area contributed by atoms with Crippen molar-refractivity contribution in [3.05, 3.63) is 35.9 Å². The average Bonchev–Trinajstić information content (AvgIpc) is 3.05. The van der Waals surface area contributed by atoms with Crippen molar-refractivity contribution >= 4 is 47.4 Å². The van der Waals surface area contributed by atoms with E-state index >= 15 is 0 Å². The summed E-state index contributed by atoms with van der Waals surface area (Å²) in [5.74, 6) is -8.36. The maximum Gasteiger partial charge on any atom is 0.325 e. The third kappa shape index (κ3) is 15.0. The second-order valence-electron chi connectivity index (χ2n) is 13.8. The molecule has 0 saturated carbocycles. The molecule has 0 aliphatic rings. The van der Waals surface area contributed by atoms with Gasteiger partial charge in [-0.15, -0.1) is 0 Å². The normalized spacial score (nSPS) is 15.2. The Morgan fingerprint density at radius 3 is 1.42 bits per heavy atom. The molecule has 0 saturated heterocycles. The zero-order chi connectivity index (χ0) is 39.9. The van der Waals surface area contributed by atoms with Crippen molar-refractivity contribution in [3.8, 4) is 0 Å². The number of carbonyl (C=O) groups excluding carboxylic acids is 6. The summed E-state index contributed by atoms with van der Waals surface area (Å²) >= 11 is 0. The van der Waals surface area contributed by atoms with Gasteiger partial charge < -0.3 is 47.8 Å². The van der Waals surface area contributed by atoms with E-state index in [-0.39, 0.29) is 12.8 Å². The van der Waals surface area contributed by atoms with Gasteiger partial charge in [-0.3, -0.25) is 38.4 Å². The zero-order valence-electron chi connectivity index (χ0n) is 31.0. The largest absolute Gasteiger partial charge is 0.481 e. The van der Waals surface area contributed by atoms with Crippen molar-refractivity contribution in [3.63, 3.8) is 0 Å². The molecule has 7 atom stereocenters. The quantitative estimate of drug-likeness (QED) is 0.0771. The number of carbonyl (C=O) groups is 8. The second kappa shape index (κ2) is 21.3. The van der Waals surface area contributed by atoms with Crippen molar-refractivity contribution in [2.75, 3.05) is 0 Å². The van der Waals surface area contributed by atoms with Gasteiger partial charge >= 0.3 is 11.9 Å². The van der Waals surface area contributed by atoms with Crippen LogP contribution in [0.1, 0.15) is 73.8 Å². The molecular weight excluding hydrogens is 678 g/mol. The third-order valence-electron chi connectivity index (χ3n) is 8.14. The molecule has 0 aliphatic heterocycles. The smallest absolute Gasteiger partial charge is 0.325 e. The highest BCUT2D eigenvalue weighted by Gasteiger charge is 2.35. The fraction of sp³-hybridized carbons (Fsp3) is 0.600. The molecule has 1 aromatic carbocycles. The van der Waals surface area contributed by atoms with E-state index < -0.39 is 114 Å². The molecular formula is C35H55N7O10. The van der Waals surface area contributed by atoms with Crippen LogP contribution in [0.25, 0.3) is 0 Å². The second-order valence-corrected chi connectivity index (χ2v) is 13.8. The van der Waals surface area contributed by atoms with Gasteiger partial charge in [-0.1, -0.05) is 71.9 Å². The maximum absolute atomic E-state index is 13.5. The van der Waals surface area contributed by atoms with Gasteiger partial charge in [-0.25, -0.2) is 0 Å². The number of amides is 6. The summed E-state index contributed by atoms with van der Waals surface area (Å²) in [5, 5.41) is 33.4. The first kappa shape index (κ1) is 45.0. The first-order valence-corrected chi connectivity index (χ1v) is 17.2. The Morgan fingerprint density at radius 2 is 0.981 bits per heavy atom. The summed E-state index contributed by atoms with van der Waals surface area (Å²) in [4.78, 5) is 101. The lowest BCUT2D eigenvalue weighted by molar-refractivity contribution is -0.142. The van der Waals surface area contributed by atoms with Crippen molar-refractivity contribution < 1.29 is 48.6 Å². The van der Waals surface area contributed by atoms with E-state index in [9.17, 15) is 43.5 Å². The van der Waals surface area contributed by atoms with Crippen LogP contribution in [0.4, 0.5) is 0 Å². The molecule has 17 heteroatoms. The molecule has 1 rings (SSSR count). The summed E-state index contributed by atoms with van der Waals surface area (Å²) in [6.07, 6.45) is -0.585. The van der Waals surface area contributed by atoms with Gasteiger partial charge in [0, 0.05) is 6.42 Å². The summed E-state index contributed by atoms with van der Waals surface area (Å²) in [6.45, 7) is 12.5. The minimum Gasteiger partial charge on any atom is -0.481 e. The number of carboxylic acids is 2. The SMILES string of the molecule is CC(C)[C@H](NC(=O)[C@H](C)NC(=O)[C@@H](NC(=O)[C@@H](NC(=O)[C@H](CCC(=O)O)NC(=O)[C@@H](N)Cc1ccccc1)C(C)C)C(C)C)C(=O)N[C@@H](C)C(=O)O. The first-order valence-electron chi connectivity index (χ1n) is 17.2. The van der Waals surface area contributed by atoms with Crippen molar-refractivity contribution in [2.24, 2.45) is 23.5 Å². The lowest BCUT2D eigenvalue weighted by Gasteiger charge is -2.29. The van der Waals surface area contributed by atoms with Crippen LogP contribution < -0.4 is 37.6 Å². The van der Waals surface area contributed by atoms with E-state index in [0.29, 0.717) is 0 Å². The Balaban J connectivity index is 3.04. The fourth-order valence-corrected chi connectivity index (χ4v) is 4.89. The number of nitrogens with two attached hydrogens (primary N) is 1. The number of benzene rings is 1. The number of aliphatic carboxylic acids is 2. The van der Waals surface area contributed by atoms with Gasteiger partial charge in [0.05, 0.1) is 6.04 Å². The Labute approximate surface area is 304 Å². The molecule has 0 unspecified atom stereocenters. The zero-order valence-corrected chi connectivity index (χ0v) is 31.0. The predicted octanol–water partition coefficient (Wildman–Crippen LogP) is -0.578. The molecule has 0 heterocycles. The number of carboxylic acid groups (broad SMARTS) is 2. The highest BCUT2D eigenvalue weighted by molar-refractivity contribution is 5.97. The molecule has 6 amide bonds. The minimum atomic E-state index is -1.34. The summed E-state index contributed by atoms with van der Waals surface area (Å²) in [7, 11) is 0. The van der Waals surface area contributed by atoms with Crippen molar-refractivity contribution in [2.45, 2.75) is 117 Å². The van der Waals surface area contributed by atoms with Crippen LogP contribution >= 0.6 is 0 Å². The van der Waals surface area contributed by atoms with Gasteiger partial charge in [0.1, 0.15) is 36.3 Å². The van der Waals surface area contributed by atoms with Crippen LogP contribution in [0.3, 0.4) is 0 Å². The molecule has 0 aliphatic carbocycles. The van der Waals surface area contributed by atoms with E-state index in [1.165, 1.54) is 13.8 Å². The standard InChI is InChI=1S/C35H55N7O10/c1-17(2)26(33(49)38-21(8)35(51)52)40-29(45)20(7)37-32(48)27(18(3)4)42-34(50)28(19(5)6)41-31(47)24(14-15-25(43)44)39-30(46)23(36)16-22-12-10-9-11-13-22/h9-13,17-21,23-24,26-28H,14-16,36H2,1-8H3,(H,37,48)(H,38,49)(H,39,46)(H,40,45)(H,41,47)(H,42,50)(H,43,44)(H,51,52)/t20-,21-,23-,24-,26-,27-,28-/m0/s1.